The lowest BCUT2D eigenvalue weighted by Crippen LogP contribution is -2.41. The highest BCUT2D eigenvalue weighted by atomic mass is 35.5. The summed E-state index contributed by atoms with van der Waals surface area (Å²) in [5.41, 5.74) is 5.37. The second kappa shape index (κ2) is 9.59. The van der Waals surface area contributed by atoms with Crippen molar-refractivity contribution in [3.8, 4) is 11.5 Å². The fourth-order valence-electron chi connectivity index (χ4n) is 2.23. The van der Waals surface area contributed by atoms with E-state index in [9.17, 15) is 18.0 Å². The Morgan fingerprint density at radius 2 is 1.79 bits per heavy atom. The highest BCUT2D eigenvalue weighted by Gasteiger charge is 2.22. The number of benzene rings is 2. The summed E-state index contributed by atoms with van der Waals surface area (Å²) in [6.07, 6.45) is 0. The van der Waals surface area contributed by atoms with Gasteiger partial charge >= 0.3 is 0 Å². The van der Waals surface area contributed by atoms with Crippen LogP contribution in [0.25, 0.3) is 0 Å². The van der Waals surface area contributed by atoms with E-state index in [1.165, 1.54) is 56.5 Å². The zero-order valence-electron chi connectivity index (χ0n) is 15.6. The van der Waals surface area contributed by atoms with Crippen LogP contribution in [0, 0.1) is 0 Å². The van der Waals surface area contributed by atoms with Crippen molar-refractivity contribution in [1.29, 1.82) is 0 Å². The van der Waals surface area contributed by atoms with Gasteiger partial charge in [-0.3, -0.25) is 9.59 Å². The minimum absolute atomic E-state index is 0.0202. The minimum Gasteiger partial charge on any atom is -0.493 e. The van der Waals surface area contributed by atoms with Gasteiger partial charge in [0, 0.05) is 16.8 Å². The first kappa shape index (κ1) is 22.5. The van der Waals surface area contributed by atoms with Crippen LogP contribution >= 0.6 is 11.6 Å². The highest BCUT2D eigenvalue weighted by molar-refractivity contribution is 7.89. The highest BCUT2D eigenvalue weighted by Crippen LogP contribution is 2.30. The number of nitrogens with two attached hydrogens (primary N) is 1. The molecule has 9 nitrogen and oxygen atoms in total. The molecular formula is C18H20ClN3O6S. The van der Waals surface area contributed by atoms with Gasteiger partial charge in [-0.1, -0.05) is 11.6 Å². The van der Waals surface area contributed by atoms with Crippen LogP contribution in [0.1, 0.15) is 6.92 Å². The summed E-state index contributed by atoms with van der Waals surface area (Å²) in [4.78, 5) is 23.3. The third-order valence-electron chi connectivity index (χ3n) is 3.65. The Hall–Kier alpha value is -2.82. The first-order valence-corrected chi connectivity index (χ1v) is 10.2. The van der Waals surface area contributed by atoms with Crippen LogP contribution < -0.4 is 25.2 Å². The van der Waals surface area contributed by atoms with Gasteiger partial charge in [-0.2, -0.15) is 4.72 Å². The summed E-state index contributed by atoms with van der Waals surface area (Å²) < 4.78 is 37.4. The third kappa shape index (κ3) is 6.34. The van der Waals surface area contributed by atoms with E-state index in [1.54, 1.807) is 0 Å². The molecule has 1 atom stereocenters. The molecule has 0 aliphatic heterocycles. The third-order valence-corrected chi connectivity index (χ3v) is 5.46. The molecule has 4 N–H and O–H groups in total. The number of primary amides is 1. The molecule has 11 heteroatoms. The summed E-state index contributed by atoms with van der Waals surface area (Å²) in [6, 6.07) is 8.95. The average molecular weight is 442 g/mol. The lowest BCUT2D eigenvalue weighted by Gasteiger charge is -2.16. The van der Waals surface area contributed by atoms with Gasteiger partial charge in [0.2, 0.25) is 15.9 Å². The molecule has 2 amide bonds. The molecule has 156 valence electrons. The molecule has 29 heavy (non-hydrogen) atoms. The zero-order valence-corrected chi connectivity index (χ0v) is 17.2. The first-order chi connectivity index (χ1) is 13.6. The number of ether oxygens (including phenoxy) is 2. The minimum atomic E-state index is -3.92. The van der Waals surface area contributed by atoms with E-state index in [4.69, 9.17) is 26.8 Å². The van der Waals surface area contributed by atoms with Crippen LogP contribution in [0.15, 0.2) is 47.4 Å². The smallest absolute Gasteiger partial charge is 0.255 e. The molecule has 0 spiro atoms. The number of amides is 2. The fourth-order valence-corrected chi connectivity index (χ4v) is 3.56. The number of hydrogen-bond donors (Lipinski definition) is 3. The molecule has 2 aromatic rings. The summed E-state index contributed by atoms with van der Waals surface area (Å²) in [5.74, 6) is -0.750. The second-order valence-electron chi connectivity index (χ2n) is 5.91. The number of carbonyl (C=O) groups is 2. The van der Waals surface area contributed by atoms with Gasteiger partial charge < -0.3 is 20.5 Å². The standard InChI is InChI=1S/C18H20ClN3O6S/c1-11(22-29(25,26)14-6-3-12(19)4-7-14)18(24)21-13-5-8-15(27-2)16(9-13)28-10-17(20)23/h3-9,11,22H,10H2,1-2H3,(H2,20,23)(H,21,24)/t11-/m0/s1. The van der Waals surface area contributed by atoms with Crippen molar-refractivity contribution in [2.75, 3.05) is 19.0 Å². The van der Waals surface area contributed by atoms with Crippen molar-refractivity contribution in [3.63, 3.8) is 0 Å². The monoisotopic (exact) mass is 441 g/mol. The molecule has 0 aliphatic carbocycles. The molecule has 0 saturated carbocycles. The van der Waals surface area contributed by atoms with E-state index >= 15 is 0 Å². The molecule has 2 aromatic carbocycles. The fraction of sp³-hybridized carbons (Fsp3) is 0.222. The lowest BCUT2D eigenvalue weighted by atomic mass is 10.2. The number of sulfonamides is 1. The van der Waals surface area contributed by atoms with Crippen LogP contribution in [0.2, 0.25) is 5.02 Å². The Labute approximate surface area is 173 Å². The molecule has 0 fully saturated rings. The zero-order chi connectivity index (χ0) is 21.6. The number of rotatable bonds is 9. The summed E-state index contributed by atoms with van der Waals surface area (Å²) in [5, 5.41) is 2.96. The van der Waals surface area contributed by atoms with Gasteiger partial charge in [0.25, 0.3) is 5.91 Å². The van der Waals surface area contributed by atoms with E-state index in [-0.39, 0.29) is 17.3 Å². The Bertz CT molecular complexity index is 995. The number of nitrogens with one attached hydrogen (secondary N) is 2. The van der Waals surface area contributed by atoms with Gasteiger partial charge in [-0.15, -0.1) is 0 Å². The van der Waals surface area contributed by atoms with Crippen LogP contribution in [0.5, 0.6) is 11.5 Å². The number of halogens is 1. The summed E-state index contributed by atoms with van der Waals surface area (Å²) in [6.45, 7) is 1.03. The normalized spacial score (nSPS) is 12.1. The van der Waals surface area contributed by atoms with Crippen molar-refractivity contribution in [2.24, 2.45) is 5.73 Å². The SMILES string of the molecule is COc1ccc(NC(=O)[C@H](C)NS(=O)(=O)c2ccc(Cl)cc2)cc1OCC(N)=O. The van der Waals surface area contributed by atoms with Crippen LogP contribution in [0.4, 0.5) is 5.69 Å². The largest absolute Gasteiger partial charge is 0.493 e. The summed E-state index contributed by atoms with van der Waals surface area (Å²) >= 11 is 5.76. The second-order valence-corrected chi connectivity index (χ2v) is 8.06. The van der Waals surface area contributed by atoms with E-state index in [0.717, 1.165) is 0 Å². The lowest BCUT2D eigenvalue weighted by molar-refractivity contribution is -0.120. The molecule has 0 bridgehead atoms. The van der Waals surface area contributed by atoms with Crippen molar-refractivity contribution in [1.82, 2.24) is 4.72 Å². The molecule has 0 heterocycles. The number of carbonyl (C=O) groups excluding carboxylic acids is 2. The molecule has 0 aliphatic rings. The van der Waals surface area contributed by atoms with Gasteiger partial charge in [0.15, 0.2) is 18.1 Å². The molecular weight excluding hydrogens is 422 g/mol. The van der Waals surface area contributed by atoms with E-state index < -0.39 is 27.9 Å². The molecule has 0 aromatic heterocycles. The maximum Gasteiger partial charge on any atom is 0.255 e. The maximum atomic E-state index is 12.4. The van der Waals surface area contributed by atoms with Gasteiger partial charge in [-0.05, 0) is 43.3 Å². The predicted molar refractivity (Wildman–Crippen MR) is 108 cm³/mol. The number of anilines is 1. The molecule has 0 saturated heterocycles. The predicted octanol–water partition coefficient (Wildman–Crippen LogP) is 1.52. The Morgan fingerprint density at radius 1 is 1.14 bits per heavy atom. The van der Waals surface area contributed by atoms with Gasteiger partial charge in [0.05, 0.1) is 18.0 Å². The molecule has 0 unspecified atom stereocenters. The van der Waals surface area contributed by atoms with Gasteiger partial charge in [-0.25, -0.2) is 8.42 Å². The number of hydrogen-bond acceptors (Lipinski definition) is 6. The van der Waals surface area contributed by atoms with Crippen LogP contribution in [-0.4, -0.2) is 40.0 Å². The van der Waals surface area contributed by atoms with Gasteiger partial charge in [0.1, 0.15) is 0 Å². The molecule has 2 rings (SSSR count). The van der Waals surface area contributed by atoms with E-state index in [0.29, 0.717) is 16.5 Å². The number of methoxy groups -OCH3 is 1. The van der Waals surface area contributed by atoms with Crippen molar-refractivity contribution in [2.45, 2.75) is 17.9 Å². The topological polar surface area (TPSA) is 137 Å². The first-order valence-electron chi connectivity index (χ1n) is 8.30. The van der Waals surface area contributed by atoms with Crippen molar-refractivity contribution in [3.05, 3.63) is 47.5 Å². The Morgan fingerprint density at radius 3 is 2.38 bits per heavy atom. The molecule has 0 radical (unpaired) electrons. The quantitative estimate of drug-likeness (QED) is 0.539. The summed E-state index contributed by atoms with van der Waals surface area (Å²) in [7, 11) is -2.50. The van der Waals surface area contributed by atoms with Crippen molar-refractivity contribution < 1.29 is 27.5 Å². The maximum absolute atomic E-state index is 12.4. The Kier molecular flexibility index (Phi) is 7.43. The van der Waals surface area contributed by atoms with Crippen molar-refractivity contribution >= 4 is 39.1 Å². The van der Waals surface area contributed by atoms with Crippen LogP contribution in [0.3, 0.4) is 0 Å². The Balaban J connectivity index is 2.09. The van der Waals surface area contributed by atoms with E-state index in [1.807, 2.05) is 0 Å². The van der Waals surface area contributed by atoms with E-state index in [2.05, 4.69) is 10.0 Å². The van der Waals surface area contributed by atoms with Crippen LogP contribution in [-0.2, 0) is 19.6 Å². The average Bonchev–Trinajstić information content (AvgIpc) is 2.66.